The lowest BCUT2D eigenvalue weighted by molar-refractivity contribution is -0.0253. The van der Waals surface area contributed by atoms with Crippen molar-refractivity contribution in [1.29, 1.82) is 0 Å². The summed E-state index contributed by atoms with van der Waals surface area (Å²) in [5, 5.41) is 6.38. The highest BCUT2D eigenvalue weighted by Crippen LogP contribution is 2.51. The van der Waals surface area contributed by atoms with Gasteiger partial charge in [-0.2, -0.15) is 5.10 Å². The third-order valence-corrected chi connectivity index (χ3v) is 5.35. The molecule has 146 valence electrons. The minimum absolute atomic E-state index is 0.160. The van der Waals surface area contributed by atoms with Crippen LogP contribution in [0.2, 0.25) is 0 Å². The summed E-state index contributed by atoms with van der Waals surface area (Å²) >= 11 is 0. The van der Waals surface area contributed by atoms with Crippen molar-refractivity contribution in [3.8, 4) is 11.5 Å². The van der Waals surface area contributed by atoms with E-state index in [-0.39, 0.29) is 11.6 Å². The van der Waals surface area contributed by atoms with Gasteiger partial charge in [0, 0.05) is 12.0 Å². The quantitative estimate of drug-likeness (QED) is 0.613. The first-order valence-corrected chi connectivity index (χ1v) is 9.36. The van der Waals surface area contributed by atoms with Crippen LogP contribution in [0.5, 0.6) is 11.5 Å². The molecular formula is C23H18F2N2O2. The molecular weight excluding hydrogens is 374 g/mol. The van der Waals surface area contributed by atoms with E-state index in [1.165, 1.54) is 18.2 Å². The van der Waals surface area contributed by atoms with Gasteiger partial charge in [-0.3, -0.25) is 0 Å². The van der Waals surface area contributed by atoms with Crippen LogP contribution in [0.4, 0.5) is 8.78 Å². The number of nitrogens with zero attached hydrogens (tertiary/aromatic N) is 2. The molecule has 0 N–H and O–H groups in total. The molecule has 2 heterocycles. The molecule has 2 aliphatic heterocycles. The molecule has 0 bridgehead atoms. The molecule has 0 aromatic heterocycles. The van der Waals surface area contributed by atoms with Gasteiger partial charge < -0.3 is 9.47 Å². The van der Waals surface area contributed by atoms with Crippen LogP contribution in [0.1, 0.15) is 35.4 Å². The minimum atomic E-state index is -1.04. The van der Waals surface area contributed by atoms with E-state index in [9.17, 15) is 8.78 Å². The molecule has 4 nitrogen and oxygen atoms in total. The smallest absolute Gasteiger partial charge is 0.219 e. The number of hydrazone groups is 1. The van der Waals surface area contributed by atoms with Gasteiger partial charge in [0.2, 0.25) is 6.23 Å². The Labute approximate surface area is 167 Å². The van der Waals surface area contributed by atoms with Crippen LogP contribution < -0.4 is 9.47 Å². The first kappa shape index (κ1) is 17.7. The van der Waals surface area contributed by atoms with Gasteiger partial charge in [0.05, 0.1) is 24.4 Å². The number of benzene rings is 3. The SMILES string of the molecule is COc1cccc2c1O[C@@H](c1c(F)cccc1F)N1N=C(c3ccccc3)C[C@H]21. The Kier molecular flexibility index (Phi) is 4.19. The Bertz CT molecular complexity index is 1080. The van der Waals surface area contributed by atoms with Gasteiger partial charge >= 0.3 is 0 Å². The Hall–Kier alpha value is -3.41. The second-order valence-corrected chi connectivity index (χ2v) is 7.00. The number of para-hydroxylation sites is 1. The molecule has 29 heavy (non-hydrogen) atoms. The zero-order chi connectivity index (χ0) is 20.0. The average molecular weight is 392 g/mol. The number of fused-ring (bicyclic) bond motifs is 3. The Morgan fingerprint density at radius 2 is 1.69 bits per heavy atom. The average Bonchev–Trinajstić information content (AvgIpc) is 3.20. The maximum atomic E-state index is 14.6. The second-order valence-electron chi connectivity index (χ2n) is 7.00. The fourth-order valence-electron chi connectivity index (χ4n) is 3.99. The molecule has 3 aromatic carbocycles. The van der Waals surface area contributed by atoms with Gasteiger partial charge in [0.15, 0.2) is 11.5 Å². The summed E-state index contributed by atoms with van der Waals surface area (Å²) in [6.45, 7) is 0. The van der Waals surface area contributed by atoms with Gasteiger partial charge in [-0.1, -0.05) is 48.5 Å². The van der Waals surface area contributed by atoms with E-state index in [2.05, 4.69) is 0 Å². The molecule has 3 aromatic rings. The van der Waals surface area contributed by atoms with Crippen molar-refractivity contribution in [2.45, 2.75) is 18.7 Å². The van der Waals surface area contributed by atoms with E-state index in [4.69, 9.17) is 14.6 Å². The second kappa shape index (κ2) is 6.88. The van der Waals surface area contributed by atoms with Crippen LogP contribution in [0.3, 0.4) is 0 Å². The summed E-state index contributed by atoms with van der Waals surface area (Å²) in [6, 6.07) is 18.9. The largest absolute Gasteiger partial charge is 0.493 e. The van der Waals surface area contributed by atoms with E-state index in [0.29, 0.717) is 17.9 Å². The molecule has 0 radical (unpaired) electrons. The van der Waals surface area contributed by atoms with Gasteiger partial charge in [-0.25, -0.2) is 13.8 Å². The molecule has 2 aliphatic rings. The fourth-order valence-corrected chi connectivity index (χ4v) is 3.99. The monoisotopic (exact) mass is 392 g/mol. The Morgan fingerprint density at radius 3 is 2.41 bits per heavy atom. The van der Waals surface area contributed by atoms with E-state index >= 15 is 0 Å². The van der Waals surface area contributed by atoms with Crippen molar-refractivity contribution in [2.75, 3.05) is 7.11 Å². The van der Waals surface area contributed by atoms with Crippen LogP contribution in [-0.4, -0.2) is 17.8 Å². The van der Waals surface area contributed by atoms with Crippen LogP contribution in [0.25, 0.3) is 0 Å². The van der Waals surface area contributed by atoms with Crippen molar-refractivity contribution in [2.24, 2.45) is 5.10 Å². The maximum Gasteiger partial charge on any atom is 0.219 e. The highest BCUT2D eigenvalue weighted by atomic mass is 19.1. The summed E-state index contributed by atoms with van der Waals surface area (Å²) in [6.07, 6.45) is -0.439. The highest BCUT2D eigenvalue weighted by molar-refractivity contribution is 6.01. The van der Waals surface area contributed by atoms with Gasteiger partial charge in [-0.05, 0) is 23.8 Å². The molecule has 0 unspecified atom stereocenters. The summed E-state index contributed by atoms with van der Waals surface area (Å²) in [5.74, 6) is -0.323. The lowest BCUT2D eigenvalue weighted by Crippen LogP contribution is -2.35. The Morgan fingerprint density at radius 1 is 0.966 bits per heavy atom. The zero-order valence-electron chi connectivity index (χ0n) is 15.7. The summed E-state index contributed by atoms with van der Waals surface area (Å²) in [4.78, 5) is 0. The van der Waals surface area contributed by atoms with E-state index in [1.807, 2.05) is 42.5 Å². The minimum Gasteiger partial charge on any atom is -0.493 e. The van der Waals surface area contributed by atoms with Crippen molar-refractivity contribution in [3.05, 3.63) is 95.1 Å². The molecule has 5 rings (SSSR count). The number of ether oxygens (including phenoxy) is 2. The third-order valence-electron chi connectivity index (χ3n) is 5.35. The van der Waals surface area contributed by atoms with Crippen molar-refractivity contribution in [1.82, 2.24) is 5.01 Å². The molecule has 0 aliphatic carbocycles. The van der Waals surface area contributed by atoms with E-state index in [0.717, 1.165) is 16.8 Å². The summed E-state index contributed by atoms with van der Waals surface area (Å²) in [5.41, 5.74) is 2.54. The van der Waals surface area contributed by atoms with Crippen LogP contribution in [-0.2, 0) is 0 Å². The van der Waals surface area contributed by atoms with E-state index < -0.39 is 17.9 Å². The Balaban J connectivity index is 1.67. The van der Waals surface area contributed by atoms with Gasteiger partial charge in [0.1, 0.15) is 11.6 Å². The van der Waals surface area contributed by atoms with Crippen LogP contribution in [0, 0.1) is 11.6 Å². The summed E-state index contributed by atoms with van der Waals surface area (Å²) < 4.78 is 40.9. The number of hydrogen-bond donors (Lipinski definition) is 0. The predicted molar refractivity (Wildman–Crippen MR) is 105 cm³/mol. The number of methoxy groups -OCH3 is 1. The molecule has 6 heteroatoms. The fraction of sp³-hybridized carbons (Fsp3) is 0.174. The van der Waals surface area contributed by atoms with Crippen LogP contribution in [0.15, 0.2) is 71.8 Å². The van der Waals surface area contributed by atoms with Crippen molar-refractivity contribution >= 4 is 5.71 Å². The number of hydrogen-bond acceptors (Lipinski definition) is 4. The number of halogens is 2. The summed E-state index contributed by atoms with van der Waals surface area (Å²) in [7, 11) is 1.55. The predicted octanol–water partition coefficient (Wildman–Crippen LogP) is 5.22. The normalized spacial score (nSPS) is 19.8. The molecule has 0 saturated carbocycles. The van der Waals surface area contributed by atoms with Crippen molar-refractivity contribution < 1.29 is 18.3 Å². The first-order chi connectivity index (χ1) is 14.2. The highest BCUT2D eigenvalue weighted by Gasteiger charge is 2.43. The third kappa shape index (κ3) is 2.83. The lowest BCUT2D eigenvalue weighted by Gasteiger charge is -2.38. The molecule has 0 amide bonds. The van der Waals surface area contributed by atoms with E-state index in [1.54, 1.807) is 18.2 Å². The van der Waals surface area contributed by atoms with Gasteiger partial charge in [0.25, 0.3) is 0 Å². The maximum absolute atomic E-state index is 14.6. The molecule has 0 fully saturated rings. The zero-order valence-corrected chi connectivity index (χ0v) is 15.7. The topological polar surface area (TPSA) is 34.1 Å². The number of rotatable bonds is 3. The molecule has 0 saturated heterocycles. The van der Waals surface area contributed by atoms with Crippen molar-refractivity contribution in [3.63, 3.8) is 0 Å². The lowest BCUT2D eigenvalue weighted by atomic mass is 9.95. The molecule has 2 atom stereocenters. The standard InChI is InChI=1S/C23H18F2N2O2/c1-28-20-12-5-9-15-19-13-18(14-7-3-2-4-8-14)26-27(19)23(29-22(15)20)21-16(24)10-6-11-17(21)25/h2-12,19,23H,13H2,1H3/t19-,23+/m1/s1. The van der Waals surface area contributed by atoms with Crippen LogP contribution >= 0.6 is 0 Å². The molecule has 0 spiro atoms. The van der Waals surface area contributed by atoms with Gasteiger partial charge in [-0.15, -0.1) is 0 Å². The first-order valence-electron chi connectivity index (χ1n) is 9.36.